The molecule has 0 aliphatic carbocycles. The van der Waals surface area contributed by atoms with E-state index in [4.69, 9.17) is 16.3 Å². The highest BCUT2D eigenvalue weighted by Crippen LogP contribution is 2.42. The first kappa shape index (κ1) is 23.3. The van der Waals surface area contributed by atoms with Crippen molar-refractivity contribution in [3.8, 4) is 11.3 Å². The van der Waals surface area contributed by atoms with Gasteiger partial charge in [0.05, 0.1) is 23.9 Å². The summed E-state index contributed by atoms with van der Waals surface area (Å²) < 4.78 is 6.52. The Kier molecular flexibility index (Phi) is 6.66. The van der Waals surface area contributed by atoms with Gasteiger partial charge in [-0.2, -0.15) is 4.73 Å². The van der Waals surface area contributed by atoms with E-state index in [1.54, 1.807) is 4.90 Å². The van der Waals surface area contributed by atoms with E-state index in [9.17, 15) is 10.0 Å². The van der Waals surface area contributed by atoms with Crippen molar-refractivity contribution in [2.24, 2.45) is 0 Å². The molecule has 0 spiro atoms. The van der Waals surface area contributed by atoms with E-state index in [-0.39, 0.29) is 12.1 Å². The number of fused-ring (bicyclic) bond motifs is 1. The van der Waals surface area contributed by atoms with Crippen molar-refractivity contribution >= 4 is 28.6 Å². The number of hydrogen-bond acceptors (Lipinski definition) is 4. The van der Waals surface area contributed by atoms with Gasteiger partial charge < -0.3 is 14.8 Å². The molecule has 1 unspecified atom stereocenters. The second-order valence-corrected chi connectivity index (χ2v) is 9.07. The maximum atomic E-state index is 12.3. The summed E-state index contributed by atoms with van der Waals surface area (Å²) in [6.45, 7) is 4.67. The van der Waals surface area contributed by atoms with Crippen LogP contribution in [0.15, 0.2) is 78.9 Å². The molecule has 5 rings (SSSR count). The molecule has 1 saturated heterocycles. The maximum Gasteiger partial charge on any atom is 0.409 e. The van der Waals surface area contributed by atoms with E-state index < -0.39 is 0 Å². The van der Waals surface area contributed by atoms with Gasteiger partial charge in [0.15, 0.2) is 0 Å². The van der Waals surface area contributed by atoms with Gasteiger partial charge in [0.1, 0.15) is 0 Å². The van der Waals surface area contributed by atoms with Crippen LogP contribution >= 0.6 is 11.6 Å². The minimum absolute atomic E-state index is 0.148. The van der Waals surface area contributed by atoms with Crippen LogP contribution in [0.4, 0.5) is 4.79 Å². The first-order valence-electron chi connectivity index (χ1n) is 11.9. The molecule has 35 heavy (non-hydrogen) atoms. The third-order valence-corrected chi connectivity index (χ3v) is 6.85. The van der Waals surface area contributed by atoms with E-state index in [0.717, 1.165) is 33.3 Å². The van der Waals surface area contributed by atoms with Crippen LogP contribution in [0.3, 0.4) is 0 Å². The highest BCUT2D eigenvalue weighted by Gasteiger charge is 2.33. The van der Waals surface area contributed by atoms with E-state index in [2.05, 4.69) is 11.0 Å². The van der Waals surface area contributed by atoms with Crippen molar-refractivity contribution in [1.82, 2.24) is 14.5 Å². The third-order valence-electron chi connectivity index (χ3n) is 6.60. The minimum atomic E-state index is -0.271. The van der Waals surface area contributed by atoms with Gasteiger partial charge in [-0.3, -0.25) is 4.90 Å². The first-order valence-corrected chi connectivity index (χ1v) is 12.3. The molecule has 1 amide bonds. The van der Waals surface area contributed by atoms with Crippen molar-refractivity contribution in [2.75, 3.05) is 32.8 Å². The standard InChI is InChI=1S/C28H28ClN3O3/c1-2-35-28(33)31-18-16-30(17-19-31)26(21-12-14-22(29)15-13-21)25-23-10-6-7-11-24(23)32(34)27(25)20-8-4-3-5-9-20/h3-15,26,34H,2,16-19H2,1H3. The lowest BCUT2D eigenvalue weighted by atomic mass is 9.91. The van der Waals surface area contributed by atoms with Gasteiger partial charge >= 0.3 is 6.09 Å². The Bertz CT molecular complexity index is 1310. The van der Waals surface area contributed by atoms with Crippen LogP contribution in [0.2, 0.25) is 5.02 Å². The molecule has 180 valence electrons. The Morgan fingerprint density at radius 2 is 1.60 bits per heavy atom. The fourth-order valence-electron chi connectivity index (χ4n) is 4.98. The monoisotopic (exact) mass is 489 g/mol. The molecule has 0 radical (unpaired) electrons. The Morgan fingerprint density at radius 3 is 2.29 bits per heavy atom. The molecule has 1 N–H and O–H groups in total. The zero-order valence-corrected chi connectivity index (χ0v) is 20.4. The van der Waals surface area contributed by atoms with Crippen molar-refractivity contribution in [2.45, 2.75) is 13.0 Å². The van der Waals surface area contributed by atoms with Crippen molar-refractivity contribution in [3.63, 3.8) is 0 Å². The predicted molar refractivity (Wildman–Crippen MR) is 138 cm³/mol. The molecule has 1 aliphatic heterocycles. The number of rotatable bonds is 5. The number of para-hydroxylation sites is 1. The Hall–Kier alpha value is -3.48. The topological polar surface area (TPSA) is 57.9 Å². The molecule has 1 aromatic heterocycles. The van der Waals surface area contributed by atoms with Gasteiger partial charge in [-0.05, 0) is 30.7 Å². The molecule has 6 nitrogen and oxygen atoms in total. The fraction of sp³-hybridized carbons (Fsp3) is 0.250. The average molecular weight is 490 g/mol. The van der Waals surface area contributed by atoms with E-state index in [0.29, 0.717) is 37.8 Å². The van der Waals surface area contributed by atoms with Gasteiger partial charge in [-0.15, -0.1) is 0 Å². The summed E-state index contributed by atoms with van der Waals surface area (Å²) in [6, 6.07) is 25.6. The number of carbonyl (C=O) groups excluding carboxylic acids is 1. The molecule has 0 bridgehead atoms. The van der Waals surface area contributed by atoms with Crippen LogP contribution in [0.5, 0.6) is 0 Å². The molecular weight excluding hydrogens is 462 g/mol. The molecule has 7 heteroatoms. The first-order chi connectivity index (χ1) is 17.1. The van der Waals surface area contributed by atoms with Gasteiger partial charge in [0.25, 0.3) is 0 Å². The summed E-state index contributed by atoms with van der Waals surface area (Å²) in [5.74, 6) is 0. The quantitative estimate of drug-likeness (QED) is 0.346. The van der Waals surface area contributed by atoms with Gasteiger partial charge in [-0.1, -0.05) is 72.3 Å². The van der Waals surface area contributed by atoms with E-state index >= 15 is 0 Å². The van der Waals surface area contributed by atoms with Crippen LogP contribution in [0.1, 0.15) is 24.1 Å². The van der Waals surface area contributed by atoms with Crippen LogP contribution in [0, 0.1) is 0 Å². The second-order valence-electron chi connectivity index (χ2n) is 8.63. The number of piperazine rings is 1. The highest BCUT2D eigenvalue weighted by molar-refractivity contribution is 6.30. The molecule has 1 aliphatic rings. The number of hydrogen-bond donors (Lipinski definition) is 1. The molecular formula is C28H28ClN3O3. The number of carbonyl (C=O) groups is 1. The molecule has 1 fully saturated rings. The number of ether oxygens (including phenoxy) is 1. The Labute approximate surface area is 209 Å². The summed E-state index contributed by atoms with van der Waals surface area (Å²) in [7, 11) is 0. The Morgan fingerprint density at radius 1 is 0.943 bits per heavy atom. The lowest BCUT2D eigenvalue weighted by molar-refractivity contribution is 0.0716. The van der Waals surface area contributed by atoms with Crippen molar-refractivity contribution in [3.05, 3.63) is 95.0 Å². The van der Waals surface area contributed by atoms with Gasteiger partial charge in [0.2, 0.25) is 0 Å². The molecule has 0 saturated carbocycles. The normalized spacial score (nSPS) is 15.3. The highest BCUT2D eigenvalue weighted by atomic mass is 35.5. The molecule has 3 aromatic carbocycles. The SMILES string of the molecule is CCOC(=O)N1CCN(C(c2ccc(Cl)cc2)c2c(-c3ccccc3)n(O)c3ccccc23)CC1. The van der Waals surface area contributed by atoms with Crippen molar-refractivity contribution in [1.29, 1.82) is 0 Å². The smallest absolute Gasteiger partial charge is 0.409 e. The summed E-state index contributed by atoms with van der Waals surface area (Å²) in [6.07, 6.45) is -0.271. The molecule has 4 aromatic rings. The third kappa shape index (κ3) is 4.47. The van der Waals surface area contributed by atoms with Gasteiger partial charge in [0, 0.05) is 47.7 Å². The number of benzene rings is 3. The van der Waals surface area contributed by atoms with Crippen LogP contribution in [-0.2, 0) is 4.74 Å². The Balaban J connectivity index is 1.65. The van der Waals surface area contributed by atoms with Crippen LogP contribution in [0.25, 0.3) is 22.2 Å². The zero-order chi connectivity index (χ0) is 24.4. The summed E-state index contributed by atoms with van der Waals surface area (Å²) in [4.78, 5) is 16.4. The maximum absolute atomic E-state index is 12.3. The molecule has 2 heterocycles. The largest absolute Gasteiger partial charge is 0.450 e. The fourth-order valence-corrected chi connectivity index (χ4v) is 5.11. The lowest BCUT2D eigenvalue weighted by Gasteiger charge is -2.39. The van der Waals surface area contributed by atoms with E-state index in [1.807, 2.05) is 79.7 Å². The summed E-state index contributed by atoms with van der Waals surface area (Å²) in [5, 5.41) is 13.0. The number of aromatic nitrogens is 1. The van der Waals surface area contributed by atoms with Gasteiger partial charge in [-0.25, -0.2) is 4.79 Å². The molecule has 1 atom stereocenters. The average Bonchev–Trinajstić information content (AvgIpc) is 3.18. The lowest BCUT2D eigenvalue weighted by Crippen LogP contribution is -2.50. The second kappa shape index (κ2) is 10.0. The van der Waals surface area contributed by atoms with Crippen LogP contribution in [-0.4, -0.2) is 58.6 Å². The minimum Gasteiger partial charge on any atom is -0.450 e. The summed E-state index contributed by atoms with van der Waals surface area (Å²) in [5.41, 5.74) is 4.56. The zero-order valence-electron chi connectivity index (χ0n) is 19.6. The number of nitrogens with zero attached hydrogens (tertiary/aromatic N) is 3. The van der Waals surface area contributed by atoms with Crippen molar-refractivity contribution < 1.29 is 14.7 Å². The number of halogens is 1. The summed E-state index contributed by atoms with van der Waals surface area (Å²) >= 11 is 6.24. The predicted octanol–water partition coefficient (Wildman–Crippen LogP) is 6.06. The van der Waals surface area contributed by atoms with Crippen LogP contribution < -0.4 is 0 Å². The van der Waals surface area contributed by atoms with E-state index in [1.165, 1.54) is 4.73 Å². The number of amides is 1.